The van der Waals surface area contributed by atoms with Gasteiger partial charge < -0.3 is 10.7 Å². The van der Waals surface area contributed by atoms with Gasteiger partial charge >= 0.3 is 0 Å². The number of nitrogen functional groups attached to an aromatic ring is 1. The Labute approximate surface area is 119 Å². The normalized spacial score (nSPS) is 10.1. The highest BCUT2D eigenvalue weighted by Gasteiger charge is 2.08. The molecule has 20 heavy (non-hydrogen) atoms. The second-order valence-corrected chi connectivity index (χ2v) is 4.53. The maximum absolute atomic E-state index is 12.0. The molecule has 0 unspecified atom stereocenters. The van der Waals surface area contributed by atoms with Gasteiger partial charge in [-0.2, -0.15) is 0 Å². The Morgan fingerprint density at radius 2 is 1.70 bits per heavy atom. The molecule has 0 heterocycles. The van der Waals surface area contributed by atoms with Gasteiger partial charge in [-0.05, 0) is 30.5 Å². The number of aryl methyl sites for hydroxylation is 1. The molecular formula is C16H19N3O. The van der Waals surface area contributed by atoms with Gasteiger partial charge in [-0.25, -0.2) is 0 Å². The number of rotatable bonds is 6. The van der Waals surface area contributed by atoms with Gasteiger partial charge in [0.05, 0.1) is 11.3 Å². The molecule has 0 fully saturated rings. The van der Waals surface area contributed by atoms with E-state index in [0.717, 1.165) is 12.8 Å². The van der Waals surface area contributed by atoms with Gasteiger partial charge in [0.1, 0.15) is 0 Å². The van der Waals surface area contributed by atoms with E-state index >= 15 is 0 Å². The van der Waals surface area contributed by atoms with Crippen LogP contribution < -0.4 is 16.6 Å². The maximum Gasteiger partial charge on any atom is 0.253 e. The molecule has 2 aromatic rings. The molecule has 2 aromatic carbocycles. The van der Waals surface area contributed by atoms with Crippen molar-refractivity contribution in [3.05, 3.63) is 65.7 Å². The third kappa shape index (κ3) is 3.83. The molecule has 0 aliphatic heterocycles. The first-order valence-corrected chi connectivity index (χ1v) is 6.69. The molecule has 4 heteroatoms. The van der Waals surface area contributed by atoms with Gasteiger partial charge in [0.2, 0.25) is 0 Å². The number of anilines is 1. The molecule has 2 rings (SSSR count). The van der Waals surface area contributed by atoms with Gasteiger partial charge in [0.15, 0.2) is 0 Å². The molecule has 1 amide bonds. The van der Waals surface area contributed by atoms with Crippen molar-refractivity contribution in [3.63, 3.8) is 0 Å². The summed E-state index contributed by atoms with van der Waals surface area (Å²) >= 11 is 0. The fraction of sp³-hybridized carbons (Fsp3) is 0.188. The largest absolute Gasteiger partial charge is 0.352 e. The lowest BCUT2D eigenvalue weighted by atomic mass is 10.1. The summed E-state index contributed by atoms with van der Waals surface area (Å²) < 4.78 is 0. The zero-order valence-corrected chi connectivity index (χ0v) is 11.3. The van der Waals surface area contributed by atoms with E-state index in [1.807, 2.05) is 30.3 Å². The van der Waals surface area contributed by atoms with E-state index in [1.165, 1.54) is 5.56 Å². The number of hydrazine groups is 1. The van der Waals surface area contributed by atoms with Crippen molar-refractivity contribution >= 4 is 11.6 Å². The van der Waals surface area contributed by atoms with Gasteiger partial charge in [-0.15, -0.1) is 0 Å². The Morgan fingerprint density at radius 3 is 2.45 bits per heavy atom. The van der Waals surface area contributed by atoms with Crippen LogP contribution in [-0.2, 0) is 6.42 Å². The molecule has 0 bridgehead atoms. The molecule has 4 nitrogen and oxygen atoms in total. The van der Waals surface area contributed by atoms with E-state index in [9.17, 15) is 4.79 Å². The van der Waals surface area contributed by atoms with Gasteiger partial charge in [-0.1, -0.05) is 42.5 Å². The average Bonchev–Trinajstić information content (AvgIpc) is 2.52. The third-order valence-electron chi connectivity index (χ3n) is 3.10. The number of hydrogen-bond donors (Lipinski definition) is 3. The Morgan fingerprint density at radius 1 is 1.00 bits per heavy atom. The quantitative estimate of drug-likeness (QED) is 0.428. The predicted molar refractivity (Wildman–Crippen MR) is 81.3 cm³/mol. The highest BCUT2D eigenvalue weighted by molar-refractivity contribution is 5.99. The first-order valence-electron chi connectivity index (χ1n) is 6.69. The molecule has 0 spiro atoms. The molecule has 4 N–H and O–H groups in total. The van der Waals surface area contributed by atoms with Crippen LogP contribution in [0.2, 0.25) is 0 Å². The number of amides is 1. The van der Waals surface area contributed by atoms with Crippen LogP contribution in [-0.4, -0.2) is 12.5 Å². The van der Waals surface area contributed by atoms with Gasteiger partial charge in [0, 0.05) is 6.54 Å². The molecular weight excluding hydrogens is 250 g/mol. The van der Waals surface area contributed by atoms with E-state index in [2.05, 4.69) is 22.9 Å². The van der Waals surface area contributed by atoms with Crippen molar-refractivity contribution < 1.29 is 4.79 Å². The van der Waals surface area contributed by atoms with Crippen molar-refractivity contribution in [2.75, 3.05) is 12.0 Å². The van der Waals surface area contributed by atoms with Crippen LogP contribution in [0.4, 0.5) is 5.69 Å². The summed E-state index contributed by atoms with van der Waals surface area (Å²) in [5.41, 5.74) is 5.01. The van der Waals surface area contributed by atoms with E-state index in [-0.39, 0.29) is 5.91 Å². The fourth-order valence-electron chi connectivity index (χ4n) is 2.04. The summed E-state index contributed by atoms with van der Waals surface area (Å²) in [6.07, 6.45) is 1.87. The number of carbonyl (C=O) groups is 1. The highest BCUT2D eigenvalue weighted by atomic mass is 16.1. The van der Waals surface area contributed by atoms with Crippen molar-refractivity contribution in [2.24, 2.45) is 5.84 Å². The Hall–Kier alpha value is -2.33. The van der Waals surface area contributed by atoms with Crippen LogP contribution >= 0.6 is 0 Å². The Kier molecular flexibility index (Phi) is 5.15. The van der Waals surface area contributed by atoms with E-state index < -0.39 is 0 Å². The smallest absolute Gasteiger partial charge is 0.253 e. The predicted octanol–water partition coefficient (Wildman–Crippen LogP) is 2.33. The summed E-state index contributed by atoms with van der Waals surface area (Å²) in [7, 11) is 0. The summed E-state index contributed by atoms with van der Waals surface area (Å²) in [6.45, 7) is 0.645. The zero-order chi connectivity index (χ0) is 14.2. The van der Waals surface area contributed by atoms with Crippen molar-refractivity contribution in [3.8, 4) is 0 Å². The number of para-hydroxylation sites is 1. The Balaban J connectivity index is 1.81. The SMILES string of the molecule is NNc1ccccc1C(=O)NCCCc1ccccc1. The van der Waals surface area contributed by atoms with Gasteiger partial charge in [-0.3, -0.25) is 10.6 Å². The molecule has 0 radical (unpaired) electrons. The molecule has 0 saturated carbocycles. The van der Waals surface area contributed by atoms with E-state index in [4.69, 9.17) is 5.84 Å². The minimum atomic E-state index is -0.105. The molecule has 0 aliphatic carbocycles. The number of benzene rings is 2. The van der Waals surface area contributed by atoms with Crippen LogP contribution in [0, 0.1) is 0 Å². The lowest BCUT2D eigenvalue weighted by molar-refractivity contribution is 0.0954. The molecule has 0 aromatic heterocycles. The van der Waals surface area contributed by atoms with Crippen LogP contribution in [0.5, 0.6) is 0 Å². The molecule has 0 saturated heterocycles. The van der Waals surface area contributed by atoms with Crippen LogP contribution in [0.15, 0.2) is 54.6 Å². The van der Waals surface area contributed by atoms with Crippen molar-refractivity contribution in [1.29, 1.82) is 0 Å². The number of carbonyl (C=O) groups excluding carboxylic acids is 1. The standard InChI is InChI=1S/C16H19N3O/c17-19-15-11-5-4-10-14(15)16(20)18-12-6-9-13-7-2-1-3-8-13/h1-5,7-8,10-11,19H,6,9,12,17H2,(H,18,20). The lowest BCUT2D eigenvalue weighted by Crippen LogP contribution is -2.26. The number of hydrogen-bond acceptors (Lipinski definition) is 3. The topological polar surface area (TPSA) is 67.1 Å². The lowest BCUT2D eigenvalue weighted by Gasteiger charge is -2.09. The summed E-state index contributed by atoms with van der Waals surface area (Å²) in [4.78, 5) is 12.0. The van der Waals surface area contributed by atoms with Gasteiger partial charge in [0.25, 0.3) is 5.91 Å². The van der Waals surface area contributed by atoms with Crippen molar-refractivity contribution in [2.45, 2.75) is 12.8 Å². The minimum Gasteiger partial charge on any atom is -0.352 e. The summed E-state index contributed by atoms with van der Waals surface area (Å²) in [6, 6.07) is 17.4. The van der Waals surface area contributed by atoms with E-state index in [0.29, 0.717) is 17.8 Å². The summed E-state index contributed by atoms with van der Waals surface area (Å²) in [5.74, 6) is 5.28. The monoisotopic (exact) mass is 269 g/mol. The summed E-state index contributed by atoms with van der Waals surface area (Å²) in [5, 5.41) is 2.91. The number of nitrogens with two attached hydrogens (primary N) is 1. The second-order valence-electron chi connectivity index (χ2n) is 4.53. The van der Waals surface area contributed by atoms with Crippen molar-refractivity contribution in [1.82, 2.24) is 5.32 Å². The van der Waals surface area contributed by atoms with Crippen LogP contribution in [0.3, 0.4) is 0 Å². The molecule has 0 atom stereocenters. The Bertz CT molecular complexity index is 555. The zero-order valence-electron chi connectivity index (χ0n) is 11.3. The van der Waals surface area contributed by atoms with E-state index in [1.54, 1.807) is 12.1 Å². The third-order valence-corrected chi connectivity index (χ3v) is 3.10. The fourth-order valence-corrected chi connectivity index (χ4v) is 2.04. The second kappa shape index (κ2) is 7.31. The minimum absolute atomic E-state index is 0.105. The highest BCUT2D eigenvalue weighted by Crippen LogP contribution is 2.13. The first kappa shape index (κ1) is 14.1. The molecule has 0 aliphatic rings. The van der Waals surface area contributed by atoms with Crippen LogP contribution in [0.1, 0.15) is 22.3 Å². The van der Waals surface area contributed by atoms with Crippen LogP contribution in [0.25, 0.3) is 0 Å². The molecule has 104 valence electrons. The average molecular weight is 269 g/mol. The number of nitrogens with one attached hydrogen (secondary N) is 2. The maximum atomic E-state index is 12.0. The first-order chi connectivity index (χ1) is 9.81.